The fraction of sp³-hybridized carbons (Fsp3) is 0.238. The van der Waals surface area contributed by atoms with Crippen LogP contribution >= 0.6 is 0 Å². The van der Waals surface area contributed by atoms with Crippen LogP contribution in [0.2, 0.25) is 0 Å². The summed E-state index contributed by atoms with van der Waals surface area (Å²) >= 11 is 0. The molecule has 0 spiro atoms. The first kappa shape index (κ1) is 17.6. The van der Waals surface area contributed by atoms with E-state index < -0.39 is 12.0 Å². The van der Waals surface area contributed by atoms with Crippen LogP contribution in [0.15, 0.2) is 53.3 Å². The molecule has 5 heteroatoms. The Morgan fingerprint density at radius 3 is 2.42 bits per heavy atom. The van der Waals surface area contributed by atoms with Crippen LogP contribution < -0.4 is 5.56 Å². The molecule has 0 radical (unpaired) electrons. The highest BCUT2D eigenvalue weighted by Gasteiger charge is 2.27. The van der Waals surface area contributed by atoms with Gasteiger partial charge in [-0.3, -0.25) is 9.89 Å². The number of hydrogen-bond acceptors (Lipinski definition) is 3. The van der Waals surface area contributed by atoms with Gasteiger partial charge in [-0.2, -0.15) is 0 Å². The smallest absolute Gasteiger partial charge is 0.330 e. The number of hydrogen-bond donors (Lipinski definition) is 1. The molecule has 132 valence electrons. The van der Waals surface area contributed by atoms with Crippen LogP contribution in [0.4, 0.5) is 0 Å². The third kappa shape index (κ3) is 3.40. The largest absolute Gasteiger partial charge is 0.467 e. The summed E-state index contributed by atoms with van der Waals surface area (Å²) in [5.74, 6) is 5.65. The van der Waals surface area contributed by atoms with E-state index >= 15 is 0 Å². The van der Waals surface area contributed by atoms with Crippen LogP contribution in [0.3, 0.4) is 0 Å². The molecule has 0 amide bonds. The van der Waals surface area contributed by atoms with Gasteiger partial charge in [-0.25, -0.2) is 9.48 Å². The molecular weight excluding hydrogens is 328 g/mol. The van der Waals surface area contributed by atoms with E-state index in [-0.39, 0.29) is 11.5 Å². The highest BCUT2D eigenvalue weighted by molar-refractivity contribution is 5.81. The van der Waals surface area contributed by atoms with Crippen LogP contribution in [0.1, 0.15) is 31.0 Å². The summed E-state index contributed by atoms with van der Waals surface area (Å²) in [5.41, 5.74) is 2.11. The Labute approximate surface area is 151 Å². The fourth-order valence-corrected chi connectivity index (χ4v) is 2.87. The highest BCUT2D eigenvalue weighted by atomic mass is 16.5. The van der Waals surface area contributed by atoms with E-state index in [0.29, 0.717) is 10.9 Å². The molecule has 3 rings (SSSR count). The topological polar surface area (TPSA) is 64.1 Å². The molecule has 1 atom stereocenters. The average Bonchev–Trinajstić information content (AvgIpc) is 2.96. The number of fused-ring (bicyclic) bond motifs is 1. The molecule has 1 aromatic heterocycles. The van der Waals surface area contributed by atoms with Gasteiger partial charge in [0.05, 0.1) is 18.0 Å². The summed E-state index contributed by atoms with van der Waals surface area (Å²) in [6.45, 7) is 3.74. The third-order valence-electron chi connectivity index (χ3n) is 4.19. The van der Waals surface area contributed by atoms with Crippen molar-refractivity contribution in [2.75, 3.05) is 7.11 Å². The second-order valence-electron chi connectivity index (χ2n) is 6.38. The first-order valence-electron chi connectivity index (χ1n) is 8.40. The Balaban J connectivity index is 2.03. The molecule has 5 nitrogen and oxygen atoms in total. The van der Waals surface area contributed by atoms with Crippen LogP contribution in [0, 0.1) is 17.8 Å². The molecule has 0 fully saturated rings. The minimum atomic E-state index is -0.696. The summed E-state index contributed by atoms with van der Waals surface area (Å²) < 4.78 is 6.19. The number of nitrogens with one attached hydrogen (secondary N) is 1. The SMILES string of the molecule is COC(=O)C(C(C)C)n1[nH]c2cc(C#Cc3ccccc3)ccc2c1=O. The van der Waals surface area contributed by atoms with Crippen molar-refractivity contribution in [3.05, 3.63) is 70.0 Å². The number of ether oxygens (including phenoxy) is 1. The number of rotatable bonds is 3. The van der Waals surface area contributed by atoms with Crippen molar-refractivity contribution < 1.29 is 9.53 Å². The molecule has 1 heterocycles. The summed E-state index contributed by atoms with van der Waals surface area (Å²) in [5, 5.41) is 3.55. The number of benzene rings is 2. The van der Waals surface area contributed by atoms with Crippen molar-refractivity contribution in [3.8, 4) is 11.8 Å². The predicted molar refractivity (Wildman–Crippen MR) is 101 cm³/mol. The van der Waals surface area contributed by atoms with Gasteiger partial charge in [0, 0.05) is 11.1 Å². The van der Waals surface area contributed by atoms with Crippen molar-refractivity contribution in [1.82, 2.24) is 9.78 Å². The van der Waals surface area contributed by atoms with Crippen molar-refractivity contribution >= 4 is 16.9 Å². The Morgan fingerprint density at radius 2 is 1.77 bits per heavy atom. The first-order valence-corrected chi connectivity index (χ1v) is 8.40. The van der Waals surface area contributed by atoms with E-state index in [0.717, 1.165) is 11.1 Å². The van der Waals surface area contributed by atoms with Gasteiger partial charge in [-0.05, 0) is 36.2 Å². The van der Waals surface area contributed by atoms with E-state index in [1.807, 2.05) is 50.2 Å². The van der Waals surface area contributed by atoms with Gasteiger partial charge < -0.3 is 4.74 Å². The number of methoxy groups -OCH3 is 1. The molecule has 26 heavy (non-hydrogen) atoms. The van der Waals surface area contributed by atoms with Crippen LogP contribution in [-0.4, -0.2) is 22.9 Å². The number of aromatic nitrogens is 2. The lowest BCUT2D eigenvalue weighted by atomic mass is 10.1. The van der Waals surface area contributed by atoms with E-state index in [9.17, 15) is 9.59 Å². The van der Waals surface area contributed by atoms with Gasteiger partial charge in [-0.15, -0.1) is 0 Å². The molecule has 2 aromatic carbocycles. The van der Waals surface area contributed by atoms with E-state index in [1.165, 1.54) is 11.8 Å². The Bertz CT molecular complexity index is 1050. The van der Waals surface area contributed by atoms with E-state index in [4.69, 9.17) is 4.74 Å². The number of carbonyl (C=O) groups excluding carboxylic acids is 1. The van der Waals surface area contributed by atoms with Gasteiger partial charge >= 0.3 is 5.97 Å². The molecule has 0 aliphatic rings. The van der Waals surface area contributed by atoms with Crippen LogP contribution in [0.25, 0.3) is 10.9 Å². The number of nitrogens with zero attached hydrogens (tertiary/aromatic N) is 1. The van der Waals surface area contributed by atoms with Crippen LogP contribution in [-0.2, 0) is 9.53 Å². The molecular formula is C21H20N2O3. The van der Waals surface area contributed by atoms with Gasteiger partial charge in [0.2, 0.25) is 0 Å². The Kier molecular flexibility index (Phi) is 4.94. The lowest BCUT2D eigenvalue weighted by Crippen LogP contribution is -2.32. The molecule has 3 aromatic rings. The molecule has 0 aliphatic heterocycles. The maximum Gasteiger partial charge on any atom is 0.330 e. The van der Waals surface area contributed by atoms with Gasteiger partial charge in [0.15, 0.2) is 6.04 Å². The maximum atomic E-state index is 12.7. The Hall–Kier alpha value is -3.26. The highest BCUT2D eigenvalue weighted by Crippen LogP contribution is 2.19. The lowest BCUT2D eigenvalue weighted by Gasteiger charge is -2.18. The standard InChI is InChI=1S/C21H20N2O3/c1-14(2)19(21(25)26-3)23-20(24)17-12-11-16(13-18(17)22-23)10-9-15-7-5-4-6-8-15/h4-8,11-14,19,22H,1-3H3. The number of carbonyl (C=O) groups is 1. The van der Waals surface area contributed by atoms with Gasteiger partial charge in [0.25, 0.3) is 5.56 Å². The van der Waals surface area contributed by atoms with E-state index in [2.05, 4.69) is 16.9 Å². The average molecular weight is 348 g/mol. The van der Waals surface area contributed by atoms with Gasteiger partial charge in [0.1, 0.15) is 0 Å². The first-order chi connectivity index (χ1) is 12.5. The summed E-state index contributed by atoms with van der Waals surface area (Å²) in [6.07, 6.45) is 0. The molecule has 1 unspecified atom stereocenters. The normalized spacial score (nSPS) is 11.8. The maximum absolute atomic E-state index is 12.7. The zero-order valence-corrected chi connectivity index (χ0v) is 14.9. The predicted octanol–water partition coefficient (Wildman–Crippen LogP) is 3.10. The van der Waals surface area contributed by atoms with Crippen molar-refractivity contribution in [2.45, 2.75) is 19.9 Å². The molecule has 0 aliphatic carbocycles. The molecule has 0 saturated carbocycles. The number of H-pyrrole nitrogens is 1. The Morgan fingerprint density at radius 1 is 1.08 bits per heavy atom. The zero-order chi connectivity index (χ0) is 18.7. The van der Waals surface area contributed by atoms with Crippen molar-refractivity contribution in [1.29, 1.82) is 0 Å². The summed E-state index contributed by atoms with van der Waals surface area (Å²) in [6, 6.07) is 14.3. The minimum Gasteiger partial charge on any atom is -0.467 e. The summed E-state index contributed by atoms with van der Waals surface area (Å²) in [7, 11) is 1.32. The second-order valence-corrected chi connectivity index (χ2v) is 6.38. The number of aromatic amines is 1. The van der Waals surface area contributed by atoms with E-state index in [1.54, 1.807) is 12.1 Å². The lowest BCUT2D eigenvalue weighted by molar-refractivity contribution is -0.146. The van der Waals surface area contributed by atoms with Crippen molar-refractivity contribution in [3.63, 3.8) is 0 Å². The molecule has 0 saturated heterocycles. The summed E-state index contributed by atoms with van der Waals surface area (Å²) in [4.78, 5) is 24.8. The second kappa shape index (κ2) is 7.32. The zero-order valence-electron chi connectivity index (χ0n) is 14.9. The minimum absolute atomic E-state index is 0.0921. The third-order valence-corrected chi connectivity index (χ3v) is 4.19. The van der Waals surface area contributed by atoms with Crippen molar-refractivity contribution in [2.24, 2.45) is 5.92 Å². The fourth-order valence-electron chi connectivity index (χ4n) is 2.87. The molecule has 1 N–H and O–H groups in total. The number of esters is 1. The van der Waals surface area contributed by atoms with Gasteiger partial charge in [-0.1, -0.05) is 43.9 Å². The van der Waals surface area contributed by atoms with Crippen LogP contribution in [0.5, 0.6) is 0 Å². The monoisotopic (exact) mass is 348 g/mol. The molecule has 0 bridgehead atoms. The quantitative estimate of drug-likeness (QED) is 0.584.